The summed E-state index contributed by atoms with van der Waals surface area (Å²) in [6, 6.07) is 8.51. The van der Waals surface area contributed by atoms with Crippen molar-refractivity contribution in [1.82, 2.24) is 14.8 Å². The van der Waals surface area contributed by atoms with Crippen molar-refractivity contribution in [3.8, 4) is 10.6 Å². The van der Waals surface area contributed by atoms with Crippen LogP contribution in [0, 0.1) is 6.92 Å². The van der Waals surface area contributed by atoms with Crippen LogP contribution in [0.15, 0.2) is 30.5 Å². The second kappa shape index (κ2) is 7.96. The summed E-state index contributed by atoms with van der Waals surface area (Å²) in [4.78, 5) is 11.2. The van der Waals surface area contributed by atoms with E-state index in [0.29, 0.717) is 6.10 Å². The molecule has 2 saturated heterocycles. The molecule has 2 aromatic rings. The summed E-state index contributed by atoms with van der Waals surface area (Å²) < 4.78 is 5.77. The van der Waals surface area contributed by atoms with Crippen molar-refractivity contribution in [3.63, 3.8) is 0 Å². The van der Waals surface area contributed by atoms with Gasteiger partial charge >= 0.3 is 0 Å². The van der Waals surface area contributed by atoms with E-state index in [-0.39, 0.29) is 0 Å². The van der Waals surface area contributed by atoms with Crippen LogP contribution in [0.1, 0.15) is 23.3 Å². The predicted molar refractivity (Wildman–Crippen MR) is 103 cm³/mol. The number of benzene rings is 1. The summed E-state index contributed by atoms with van der Waals surface area (Å²) in [5, 5.41) is 1.14. The second-order valence-electron chi connectivity index (χ2n) is 7.16. The monoisotopic (exact) mass is 357 g/mol. The summed E-state index contributed by atoms with van der Waals surface area (Å²) in [6.45, 7) is 9.85. The number of ether oxygens (including phenoxy) is 1. The van der Waals surface area contributed by atoms with Crippen molar-refractivity contribution in [2.75, 3.05) is 39.3 Å². The van der Waals surface area contributed by atoms with Gasteiger partial charge in [0, 0.05) is 62.5 Å². The topological polar surface area (TPSA) is 28.6 Å². The van der Waals surface area contributed by atoms with Crippen molar-refractivity contribution in [2.24, 2.45) is 0 Å². The van der Waals surface area contributed by atoms with Gasteiger partial charge in [-0.1, -0.05) is 24.3 Å². The Morgan fingerprint density at radius 2 is 1.96 bits per heavy atom. The summed E-state index contributed by atoms with van der Waals surface area (Å²) in [6.07, 6.45) is 5.01. The maximum absolute atomic E-state index is 5.77. The number of hydrogen-bond acceptors (Lipinski definition) is 5. The van der Waals surface area contributed by atoms with Crippen LogP contribution in [0.4, 0.5) is 0 Å². The van der Waals surface area contributed by atoms with E-state index in [2.05, 4.69) is 52.2 Å². The Morgan fingerprint density at radius 3 is 2.72 bits per heavy atom. The number of thiazole rings is 1. The molecule has 1 aromatic heterocycles. The zero-order valence-corrected chi connectivity index (χ0v) is 15.8. The molecular formula is C20H27N3OS. The van der Waals surface area contributed by atoms with Crippen LogP contribution in [0.3, 0.4) is 0 Å². The van der Waals surface area contributed by atoms with Crippen LogP contribution in [-0.2, 0) is 11.3 Å². The predicted octanol–water partition coefficient (Wildman–Crippen LogP) is 3.42. The molecule has 0 bridgehead atoms. The first kappa shape index (κ1) is 17.2. The molecule has 2 fully saturated rings. The molecule has 5 heteroatoms. The second-order valence-corrected chi connectivity index (χ2v) is 8.27. The molecule has 0 amide bonds. The van der Waals surface area contributed by atoms with Crippen molar-refractivity contribution in [2.45, 2.75) is 32.4 Å². The van der Waals surface area contributed by atoms with E-state index in [1.165, 1.54) is 28.8 Å². The van der Waals surface area contributed by atoms with Gasteiger partial charge in [-0.3, -0.25) is 9.80 Å². The number of piperazine rings is 1. The Bertz CT molecular complexity index is 688. The SMILES string of the molecule is Cc1ccccc1-c1ncc(CN2CCN(C[C@H]3CCCO3)CC2)s1. The fraction of sp³-hybridized carbons (Fsp3) is 0.550. The molecule has 1 aromatic carbocycles. The highest BCUT2D eigenvalue weighted by atomic mass is 32.1. The largest absolute Gasteiger partial charge is 0.377 e. The summed E-state index contributed by atoms with van der Waals surface area (Å²) in [5.74, 6) is 0. The van der Waals surface area contributed by atoms with E-state index in [4.69, 9.17) is 4.74 Å². The van der Waals surface area contributed by atoms with Crippen LogP contribution in [-0.4, -0.2) is 60.2 Å². The van der Waals surface area contributed by atoms with E-state index in [0.717, 1.165) is 50.9 Å². The van der Waals surface area contributed by atoms with Crippen molar-refractivity contribution in [1.29, 1.82) is 0 Å². The molecule has 3 heterocycles. The maximum atomic E-state index is 5.77. The highest BCUT2D eigenvalue weighted by Crippen LogP contribution is 2.28. The molecular weight excluding hydrogens is 330 g/mol. The number of aryl methyl sites for hydroxylation is 1. The molecule has 0 aliphatic carbocycles. The molecule has 1 atom stereocenters. The van der Waals surface area contributed by atoms with Gasteiger partial charge in [-0.25, -0.2) is 4.98 Å². The molecule has 0 spiro atoms. The molecule has 2 aliphatic heterocycles. The number of aromatic nitrogens is 1. The Kier molecular flexibility index (Phi) is 5.46. The summed E-state index contributed by atoms with van der Waals surface area (Å²) in [7, 11) is 0. The lowest BCUT2D eigenvalue weighted by atomic mass is 10.1. The van der Waals surface area contributed by atoms with Gasteiger partial charge in [0.05, 0.1) is 6.10 Å². The van der Waals surface area contributed by atoms with Gasteiger partial charge in [-0.2, -0.15) is 0 Å². The van der Waals surface area contributed by atoms with Gasteiger partial charge in [-0.15, -0.1) is 11.3 Å². The molecule has 4 rings (SSSR count). The van der Waals surface area contributed by atoms with Crippen LogP contribution in [0.2, 0.25) is 0 Å². The third-order valence-corrected chi connectivity index (χ3v) is 6.27. The maximum Gasteiger partial charge on any atom is 0.123 e. The zero-order chi connectivity index (χ0) is 17.1. The summed E-state index contributed by atoms with van der Waals surface area (Å²) in [5.41, 5.74) is 2.56. The minimum absolute atomic E-state index is 0.477. The van der Waals surface area contributed by atoms with E-state index in [9.17, 15) is 0 Å². The van der Waals surface area contributed by atoms with Crippen LogP contribution < -0.4 is 0 Å². The van der Waals surface area contributed by atoms with Crippen LogP contribution >= 0.6 is 11.3 Å². The molecule has 4 nitrogen and oxygen atoms in total. The molecule has 0 radical (unpaired) electrons. The highest BCUT2D eigenvalue weighted by Gasteiger charge is 2.23. The van der Waals surface area contributed by atoms with E-state index >= 15 is 0 Å². The third kappa shape index (κ3) is 4.29. The molecule has 25 heavy (non-hydrogen) atoms. The normalized spacial score (nSPS) is 22.5. The van der Waals surface area contributed by atoms with Gasteiger partial charge < -0.3 is 4.74 Å². The van der Waals surface area contributed by atoms with Crippen molar-refractivity contribution in [3.05, 3.63) is 40.9 Å². The van der Waals surface area contributed by atoms with E-state index in [1.54, 1.807) is 0 Å². The number of rotatable bonds is 5. The number of nitrogens with zero attached hydrogens (tertiary/aromatic N) is 3. The Balaban J connectivity index is 1.29. The Morgan fingerprint density at radius 1 is 1.16 bits per heavy atom. The molecule has 0 unspecified atom stereocenters. The Labute approximate surface area is 154 Å². The fourth-order valence-electron chi connectivity index (χ4n) is 3.74. The van der Waals surface area contributed by atoms with Crippen molar-refractivity contribution < 1.29 is 4.74 Å². The van der Waals surface area contributed by atoms with Crippen LogP contribution in [0.5, 0.6) is 0 Å². The minimum atomic E-state index is 0.477. The van der Waals surface area contributed by atoms with Gasteiger partial charge in [0.25, 0.3) is 0 Å². The quantitative estimate of drug-likeness (QED) is 0.820. The zero-order valence-electron chi connectivity index (χ0n) is 15.0. The van der Waals surface area contributed by atoms with Gasteiger partial charge in [0.2, 0.25) is 0 Å². The van der Waals surface area contributed by atoms with E-state index < -0.39 is 0 Å². The average molecular weight is 358 g/mol. The lowest BCUT2D eigenvalue weighted by molar-refractivity contribution is 0.0491. The van der Waals surface area contributed by atoms with Gasteiger partial charge in [0.15, 0.2) is 0 Å². The van der Waals surface area contributed by atoms with Gasteiger partial charge in [-0.05, 0) is 25.3 Å². The first-order chi connectivity index (χ1) is 12.3. The lowest BCUT2D eigenvalue weighted by Crippen LogP contribution is -2.47. The summed E-state index contributed by atoms with van der Waals surface area (Å²) >= 11 is 1.83. The molecule has 0 saturated carbocycles. The highest BCUT2D eigenvalue weighted by molar-refractivity contribution is 7.15. The molecule has 0 N–H and O–H groups in total. The fourth-order valence-corrected chi connectivity index (χ4v) is 4.79. The van der Waals surface area contributed by atoms with E-state index in [1.807, 2.05) is 11.3 Å². The molecule has 134 valence electrons. The smallest absolute Gasteiger partial charge is 0.123 e. The standard InChI is InChI=1S/C20H27N3OS/c1-16-5-2-3-7-19(16)20-21-13-18(25-20)15-23-10-8-22(9-11-23)14-17-6-4-12-24-17/h2-3,5,7,13,17H,4,6,8-12,14-15H2,1H3/t17-/m1/s1. The third-order valence-electron chi connectivity index (χ3n) is 5.26. The molecule has 2 aliphatic rings. The number of hydrogen-bond donors (Lipinski definition) is 0. The first-order valence-corrected chi connectivity index (χ1v) is 10.2. The lowest BCUT2D eigenvalue weighted by Gasteiger charge is -2.35. The van der Waals surface area contributed by atoms with Gasteiger partial charge in [0.1, 0.15) is 5.01 Å². The first-order valence-electron chi connectivity index (χ1n) is 9.35. The Hall–Kier alpha value is -1.27. The van der Waals surface area contributed by atoms with Crippen molar-refractivity contribution >= 4 is 11.3 Å². The van der Waals surface area contributed by atoms with Crippen LogP contribution in [0.25, 0.3) is 10.6 Å². The minimum Gasteiger partial charge on any atom is -0.377 e. The average Bonchev–Trinajstić information content (AvgIpc) is 3.29.